The Bertz CT molecular complexity index is 1190. The quantitative estimate of drug-likeness (QED) is 0.175. The number of carbonyl (C=O) groups is 1. The zero-order chi connectivity index (χ0) is 29.8. The van der Waals surface area contributed by atoms with Crippen LogP contribution >= 0.6 is 0 Å². The molecule has 2 aromatic rings. The van der Waals surface area contributed by atoms with Crippen LogP contribution in [-0.4, -0.2) is 46.9 Å². The summed E-state index contributed by atoms with van der Waals surface area (Å²) in [5, 5.41) is 16.7. The third-order valence-corrected chi connectivity index (χ3v) is 9.54. The van der Waals surface area contributed by atoms with Gasteiger partial charge in [-0.15, -0.1) is 0 Å². The van der Waals surface area contributed by atoms with Crippen molar-refractivity contribution in [3.05, 3.63) is 35.1 Å². The van der Waals surface area contributed by atoms with Gasteiger partial charge in [-0.25, -0.2) is 18.2 Å². The van der Waals surface area contributed by atoms with Gasteiger partial charge in [-0.1, -0.05) is 89.8 Å². The van der Waals surface area contributed by atoms with Gasteiger partial charge in [-0.2, -0.15) is 4.98 Å². The van der Waals surface area contributed by atoms with Gasteiger partial charge in [0, 0.05) is 6.92 Å². The SMILES string of the molecule is CC(C)CS(=O)(=O)c1nc(C(=O)O)ccc1C1CC1.CCCCCCCCCCN[C@@H](CC1CC1)c1noc(C)n1. The lowest BCUT2D eigenvalue weighted by Gasteiger charge is -2.14. The lowest BCUT2D eigenvalue weighted by Crippen LogP contribution is -2.24. The van der Waals surface area contributed by atoms with Crippen molar-refractivity contribution in [1.29, 1.82) is 0 Å². The molecule has 0 radical (unpaired) electrons. The lowest BCUT2D eigenvalue weighted by atomic mass is 10.1. The molecule has 2 heterocycles. The van der Waals surface area contributed by atoms with E-state index >= 15 is 0 Å². The molecule has 0 bridgehead atoms. The molecular weight excluding hydrogens is 540 g/mol. The lowest BCUT2D eigenvalue weighted by molar-refractivity contribution is 0.0689. The first-order valence-electron chi connectivity index (χ1n) is 15.6. The number of pyridine rings is 1. The third kappa shape index (κ3) is 11.8. The van der Waals surface area contributed by atoms with Gasteiger partial charge < -0.3 is 14.9 Å². The highest BCUT2D eigenvalue weighted by atomic mass is 32.2. The van der Waals surface area contributed by atoms with Crippen LogP contribution in [0.2, 0.25) is 0 Å². The van der Waals surface area contributed by atoms with Gasteiger partial charge in [0.15, 0.2) is 20.7 Å². The Morgan fingerprint density at radius 1 is 1.02 bits per heavy atom. The summed E-state index contributed by atoms with van der Waals surface area (Å²) in [7, 11) is -3.53. The molecule has 2 aliphatic rings. The highest BCUT2D eigenvalue weighted by Crippen LogP contribution is 2.42. The number of sulfone groups is 1. The van der Waals surface area contributed by atoms with E-state index in [0.717, 1.165) is 37.5 Å². The number of aryl methyl sites for hydroxylation is 1. The largest absolute Gasteiger partial charge is 0.477 e. The smallest absolute Gasteiger partial charge is 0.354 e. The van der Waals surface area contributed by atoms with Crippen molar-refractivity contribution in [2.24, 2.45) is 11.8 Å². The molecule has 2 aliphatic carbocycles. The van der Waals surface area contributed by atoms with Gasteiger partial charge in [0.05, 0.1) is 11.8 Å². The van der Waals surface area contributed by atoms with Gasteiger partial charge in [0.2, 0.25) is 5.89 Å². The van der Waals surface area contributed by atoms with Gasteiger partial charge in [0.25, 0.3) is 0 Å². The van der Waals surface area contributed by atoms with E-state index in [0.29, 0.717) is 11.5 Å². The average Bonchev–Trinajstić information content (AvgIpc) is 3.85. The van der Waals surface area contributed by atoms with E-state index in [1.807, 2.05) is 20.8 Å². The molecule has 2 fully saturated rings. The molecule has 4 rings (SSSR count). The molecule has 0 spiro atoms. The van der Waals surface area contributed by atoms with E-state index in [1.165, 1.54) is 70.3 Å². The fourth-order valence-electron chi connectivity index (χ4n) is 5.00. The molecule has 10 heteroatoms. The Morgan fingerprint density at radius 2 is 1.68 bits per heavy atom. The molecule has 41 heavy (non-hydrogen) atoms. The molecule has 2 N–H and O–H groups in total. The minimum atomic E-state index is -3.53. The Balaban J connectivity index is 0.000000228. The molecule has 9 nitrogen and oxygen atoms in total. The van der Waals surface area contributed by atoms with Gasteiger partial charge >= 0.3 is 5.97 Å². The van der Waals surface area contributed by atoms with Crippen molar-refractivity contribution in [3.8, 4) is 0 Å². The summed E-state index contributed by atoms with van der Waals surface area (Å²) in [4.78, 5) is 19.2. The predicted molar refractivity (Wildman–Crippen MR) is 160 cm³/mol. The minimum absolute atomic E-state index is 0.0111. The van der Waals surface area contributed by atoms with Crippen LogP contribution in [0.3, 0.4) is 0 Å². The molecule has 0 saturated heterocycles. The highest BCUT2D eigenvalue weighted by molar-refractivity contribution is 7.91. The first kappa shape index (κ1) is 33.2. The number of rotatable bonds is 18. The summed E-state index contributed by atoms with van der Waals surface area (Å²) in [5.74, 6) is 1.37. The van der Waals surface area contributed by atoms with Crippen molar-refractivity contribution in [1.82, 2.24) is 20.4 Å². The summed E-state index contributed by atoms with van der Waals surface area (Å²) in [6.45, 7) is 8.84. The zero-order valence-corrected chi connectivity index (χ0v) is 26.2. The third-order valence-electron chi connectivity index (χ3n) is 7.52. The van der Waals surface area contributed by atoms with E-state index < -0.39 is 15.8 Å². The summed E-state index contributed by atoms with van der Waals surface area (Å²) in [5.41, 5.74) is 0.456. The van der Waals surface area contributed by atoms with Gasteiger partial charge in [-0.05, 0) is 61.6 Å². The van der Waals surface area contributed by atoms with E-state index in [-0.39, 0.29) is 34.4 Å². The van der Waals surface area contributed by atoms with Crippen molar-refractivity contribution in [3.63, 3.8) is 0 Å². The standard InChI is InChI=1S/C18H33N3O.C13H17NO4S/c1-3-4-5-6-7-8-9-10-13-19-17(14-16-11-12-16)18-20-15(2)22-21-18;1-8(2)7-19(17,18)12-10(9-3-4-9)5-6-11(14-12)13(15)16/h16-17,19H,3-14H2,1-2H3;5-6,8-9H,3-4,7H2,1-2H3,(H,15,16)/t17-;/m0./s1. The second-order valence-corrected chi connectivity index (χ2v) is 14.1. The van der Waals surface area contributed by atoms with Crippen LogP contribution in [0.25, 0.3) is 0 Å². The average molecular weight is 591 g/mol. The Labute approximate surface area is 246 Å². The van der Waals surface area contributed by atoms with Crippen molar-refractivity contribution >= 4 is 15.8 Å². The van der Waals surface area contributed by atoms with Crippen LogP contribution in [0.1, 0.15) is 144 Å². The molecule has 0 unspecified atom stereocenters. The number of aromatic carboxylic acids is 1. The number of nitrogens with zero attached hydrogens (tertiary/aromatic N) is 3. The van der Waals surface area contributed by atoms with Gasteiger partial charge in [0.1, 0.15) is 5.69 Å². The topological polar surface area (TPSA) is 135 Å². The van der Waals surface area contributed by atoms with Crippen molar-refractivity contribution < 1.29 is 22.8 Å². The molecule has 0 amide bonds. The maximum absolute atomic E-state index is 12.3. The number of nitrogens with one attached hydrogen (secondary N) is 1. The Hall–Kier alpha value is -2.33. The van der Waals surface area contributed by atoms with Crippen LogP contribution in [0.5, 0.6) is 0 Å². The van der Waals surface area contributed by atoms with E-state index in [9.17, 15) is 13.2 Å². The van der Waals surface area contributed by atoms with E-state index in [4.69, 9.17) is 9.63 Å². The number of unbranched alkanes of at least 4 members (excludes halogenated alkanes) is 7. The molecule has 2 saturated carbocycles. The number of carboxylic acid groups (broad SMARTS) is 1. The summed E-state index contributed by atoms with van der Waals surface area (Å²) < 4.78 is 29.8. The summed E-state index contributed by atoms with van der Waals surface area (Å²) in [6, 6.07) is 3.26. The summed E-state index contributed by atoms with van der Waals surface area (Å²) in [6.07, 6.45) is 16.7. The number of hydrogen-bond acceptors (Lipinski definition) is 8. The first-order chi connectivity index (χ1) is 19.6. The van der Waals surface area contributed by atoms with Crippen LogP contribution in [0, 0.1) is 18.8 Å². The Kier molecular flexibility index (Phi) is 13.2. The van der Waals surface area contributed by atoms with Crippen LogP contribution in [-0.2, 0) is 9.84 Å². The van der Waals surface area contributed by atoms with Crippen molar-refractivity contribution in [2.75, 3.05) is 12.3 Å². The summed E-state index contributed by atoms with van der Waals surface area (Å²) >= 11 is 0. The van der Waals surface area contributed by atoms with E-state index in [1.54, 1.807) is 6.07 Å². The van der Waals surface area contributed by atoms with Crippen LogP contribution in [0.4, 0.5) is 0 Å². The molecule has 0 aromatic carbocycles. The number of aromatic nitrogens is 3. The fourth-order valence-corrected chi connectivity index (χ4v) is 6.87. The molecule has 2 aromatic heterocycles. The zero-order valence-electron chi connectivity index (χ0n) is 25.4. The molecule has 0 aliphatic heterocycles. The number of hydrogen-bond donors (Lipinski definition) is 2. The fraction of sp³-hybridized carbons (Fsp3) is 0.742. The maximum atomic E-state index is 12.3. The Morgan fingerprint density at radius 3 is 2.22 bits per heavy atom. The molecular formula is C31H50N4O5S. The highest BCUT2D eigenvalue weighted by Gasteiger charge is 2.32. The van der Waals surface area contributed by atoms with Gasteiger partial charge in [-0.3, -0.25) is 0 Å². The normalized spacial score (nSPS) is 15.9. The molecule has 230 valence electrons. The monoisotopic (exact) mass is 590 g/mol. The maximum Gasteiger partial charge on any atom is 0.354 e. The molecule has 1 atom stereocenters. The second kappa shape index (κ2) is 16.3. The van der Waals surface area contributed by atoms with Crippen LogP contribution < -0.4 is 5.32 Å². The predicted octanol–water partition coefficient (Wildman–Crippen LogP) is 7.04. The van der Waals surface area contributed by atoms with Crippen molar-refractivity contribution in [2.45, 2.75) is 128 Å². The van der Waals surface area contributed by atoms with Crippen LogP contribution in [0.15, 0.2) is 21.7 Å². The first-order valence-corrected chi connectivity index (χ1v) is 17.3. The minimum Gasteiger partial charge on any atom is -0.477 e. The van der Waals surface area contributed by atoms with E-state index in [2.05, 4.69) is 27.4 Å². The number of carboxylic acids is 1. The second-order valence-electron chi connectivity index (χ2n) is 12.2.